The number of hydrogen-bond acceptors (Lipinski definition) is 7. The maximum absolute atomic E-state index is 12.4. The van der Waals surface area contributed by atoms with E-state index in [1.54, 1.807) is 0 Å². The van der Waals surface area contributed by atoms with Crippen molar-refractivity contribution in [2.45, 2.75) is 187 Å². The lowest BCUT2D eigenvalue weighted by Gasteiger charge is -2.28. The van der Waals surface area contributed by atoms with Crippen molar-refractivity contribution in [2.75, 3.05) is 54.1 Å². The SMILES string of the molecule is CCCCCCC/C=C\C/C=C\C/C=C\CCCCCCCCCCCCCOCC(COP(=O)([O-])OCC[N+](C)(C)C)OC(=O)CCCCCCC. The molecule has 0 aliphatic heterocycles. The van der Waals surface area contributed by atoms with Gasteiger partial charge in [-0.2, -0.15) is 0 Å². The number of quaternary nitrogens is 1. The topological polar surface area (TPSA) is 94.1 Å². The highest BCUT2D eigenvalue weighted by Gasteiger charge is 2.20. The van der Waals surface area contributed by atoms with E-state index in [1.807, 2.05) is 21.1 Å². The van der Waals surface area contributed by atoms with E-state index in [4.69, 9.17) is 18.5 Å². The molecule has 0 N–H and O–H groups in total. The Labute approximate surface area is 327 Å². The van der Waals surface area contributed by atoms with E-state index in [9.17, 15) is 14.3 Å². The molecule has 0 saturated heterocycles. The van der Waals surface area contributed by atoms with Gasteiger partial charge in [-0.1, -0.05) is 159 Å². The van der Waals surface area contributed by atoms with Gasteiger partial charge >= 0.3 is 5.97 Å². The lowest BCUT2D eigenvalue weighted by molar-refractivity contribution is -0.870. The van der Waals surface area contributed by atoms with E-state index < -0.39 is 13.9 Å². The van der Waals surface area contributed by atoms with Crippen molar-refractivity contribution in [3.8, 4) is 0 Å². The first-order chi connectivity index (χ1) is 25.6. The number of allylic oxidation sites excluding steroid dienone is 6. The second kappa shape index (κ2) is 37.6. The van der Waals surface area contributed by atoms with Gasteiger partial charge in [0.1, 0.15) is 19.3 Å². The molecule has 9 heteroatoms. The lowest BCUT2D eigenvalue weighted by Crippen LogP contribution is -2.37. The molecule has 0 radical (unpaired) electrons. The Bertz CT molecular complexity index is 947. The second-order valence-corrected chi connectivity index (χ2v) is 17.1. The number of likely N-dealkylation sites (N-methyl/N-ethyl adjacent to an activating group) is 1. The maximum atomic E-state index is 12.4. The third kappa shape index (κ3) is 41.7. The molecule has 0 fully saturated rings. The number of rotatable bonds is 40. The Hall–Kier alpha value is -1.28. The van der Waals surface area contributed by atoms with Crippen molar-refractivity contribution < 1.29 is 37.3 Å². The van der Waals surface area contributed by atoms with Crippen LogP contribution in [0.3, 0.4) is 0 Å². The third-order valence-corrected chi connectivity index (χ3v) is 10.2. The molecule has 312 valence electrons. The van der Waals surface area contributed by atoms with Gasteiger partial charge in [-0.3, -0.25) is 9.36 Å². The molecule has 0 aromatic rings. The third-order valence-electron chi connectivity index (χ3n) is 9.19. The average Bonchev–Trinajstić information content (AvgIpc) is 3.11. The zero-order chi connectivity index (χ0) is 39.1. The molecule has 53 heavy (non-hydrogen) atoms. The molecule has 0 rings (SSSR count). The summed E-state index contributed by atoms with van der Waals surface area (Å²) in [5, 5.41) is 0. The Balaban J connectivity index is 3.92. The number of carbonyl (C=O) groups excluding carboxylic acids is 1. The van der Waals surface area contributed by atoms with Crippen LogP contribution in [-0.4, -0.2) is 70.7 Å². The van der Waals surface area contributed by atoms with Crippen LogP contribution in [0.1, 0.15) is 181 Å². The summed E-state index contributed by atoms with van der Waals surface area (Å²) in [6.45, 7) is 5.30. The van der Waals surface area contributed by atoms with Crippen LogP contribution in [0.4, 0.5) is 0 Å². The average molecular weight is 770 g/mol. The minimum Gasteiger partial charge on any atom is -0.756 e. The largest absolute Gasteiger partial charge is 0.756 e. The van der Waals surface area contributed by atoms with Crippen LogP contribution < -0.4 is 4.89 Å². The summed E-state index contributed by atoms with van der Waals surface area (Å²) in [6.07, 6.45) is 43.5. The van der Waals surface area contributed by atoms with E-state index in [2.05, 4.69) is 50.3 Å². The van der Waals surface area contributed by atoms with E-state index in [0.717, 1.165) is 57.8 Å². The highest BCUT2D eigenvalue weighted by Crippen LogP contribution is 2.38. The fourth-order valence-electron chi connectivity index (χ4n) is 5.79. The summed E-state index contributed by atoms with van der Waals surface area (Å²) in [6, 6.07) is 0. The summed E-state index contributed by atoms with van der Waals surface area (Å²) >= 11 is 0. The minimum atomic E-state index is -4.51. The molecular formula is C44H84NO7P. The van der Waals surface area contributed by atoms with Gasteiger partial charge < -0.3 is 27.9 Å². The van der Waals surface area contributed by atoms with Crippen LogP contribution in [0.25, 0.3) is 0 Å². The highest BCUT2D eigenvalue weighted by molar-refractivity contribution is 7.45. The standard InChI is InChI=1S/C44H84NO7P/c1-6-8-10-12-13-14-15-16-17-18-19-20-21-22-23-24-25-26-27-28-29-30-31-32-34-36-39-49-41-43(52-44(46)37-35-33-11-9-7-2)42-51-53(47,48)50-40-38-45(3,4)5/h15-16,18-19,21-22,43H,6-14,17,20,23-42H2,1-5H3/b16-15-,19-18-,22-21-. The van der Waals surface area contributed by atoms with Crippen molar-refractivity contribution in [3.63, 3.8) is 0 Å². The number of phosphoric ester groups is 1. The number of hydrogen-bond donors (Lipinski definition) is 0. The van der Waals surface area contributed by atoms with Crippen LogP contribution in [0.2, 0.25) is 0 Å². The van der Waals surface area contributed by atoms with Crippen molar-refractivity contribution in [2.24, 2.45) is 0 Å². The number of ether oxygens (including phenoxy) is 2. The smallest absolute Gasteiger partial charge is 0.306 e. The Morgan fingerprint density at radius 1 is 0.585 bits per heavy atom. The zero-order valence-corrected chi connectivity index (χ0v) is 36.1. The fraction of sp³-hybridized carbons (Fsp3) is 0.841. The summed E-state index contributed by atoms with van der Waals surface area (Å²) in [5.74, 6) is -0.348. The van der Waals surface area contributed by atoms with Gasteiger partial charge in [-0.05, 0) is 51.4 Å². The molecule has 0 bridgehead atoms. The number of phosphoric acid groups is 1. The Morgan fingerprint density at radius 2 is 1.04 bits per heavy atom. The summed E-state index contributed by atoms with van der Waals surface area (Å²) in [5.41, 5.74) is 0. The normalized spacial score (nSPS) is 14.2. The van der Waals surface area contributed by atoms with E-state index in [1.165, 1.54) is 103 Å². The second-order valence-electron chi connectivity index (χ2n) is 15.7. The number of carbonyl (C=O) groups is 1. The molecule has 0 amide bonds. The van der Waals surface area contributed by atoms with Gasteiger partial charge in [0.2, 0.25) is 0 Å². The van der Waals surface area contributed by atoms with Crippen LogP contribution in [-0.2, 0) is 27.9 Å². The van der Waals surface area contributed by atoms with E-state index in [0.29, 0.717) is 24.1 Å². The maximum Gasteiger partial charge on any atom is 0.306 e. The molecule has 0 aliphatic rings. The van der Waals surface area contributed by atoms with Gasteiger partial charge in [0.25, 0.3) is 7.82 Å². The molecular weight excluding hydrogens is 685 g/mol. The molecule has 2 atom stereocenters. The molecule has 0 aromatic heterocycles. The van der Waals surface area contributed by atoms with Crippen molar-refractivity contribution in [1.29, 1.82) is 0 Å². The molecule has 0 saturated carbocycles. The molecule has 2 unspecified atom stereocenters. The number of unbranched alkanes of at least 4 members (excludes halogenated alkanes) is 20. The molecule has 0 aromatic carbocycles. The molecule has 0 spiro atoms. The van der Waals surface area contributed by atoms with Gasteiger partial charge in [-0.25, -0.2) is 0 Å². The van der Waals surface area contributed by atoms with Crippen molar-refractivity contribution in [1.82, 2.24) is 0 Å². The monoisotopic (exact) mass is 770 g/mol. The summed E-state index contributed by atoms with van der Waals surface area (Å²) in [7, 11) is 1.35. The predicted octanol–water partition coefficient (Wildman–Crippen LogP) is 12.0. The minimum absolute atomic E-state index is 0.0256. The van der Waals surface area contributed by atoms with Gasteiger partial charge in [0.05, 0.1) is 34.4 Å². The van der Waals surface area contributed by atoms with Crippen molar-refractivity contribution in [3.05, 3.63) is 36.5 Å². The first-order valence-electron chi connectivity index (χ1n) is 21.7. The number of nitrogens with zero attached hydrogens (tertiary/aromatic N) is 1. The summed E-state index contributed by atoms with van der Waals surface area (Å²) in [4.78, 5) is 24.7. The summed E-state index contributed by atoms with van der Waals surface area (Å²) < 4.78 is 34.3. The molecule has 0 heterocycles. The quantitative estimate of drug-likeness (QED) is 0.0201. The lowest BCUT2D eigenvalue weighted by atomic mass is 10.1. The van der Waals surface area contributed by atoms with E-state index in [-0.39, 0.29) is 25.8 Å². The zero-order valence-electron chi connectivity index (χ0n) is 35.2. The molecule has 0 aliphatic carbocycles. The first-order valence-corrected chi connectivity index (χ1v) is 23.2. The predicted molar refractivity (Wildman–Crippen MR) is 222 cm³/mol. The number of esters is 1. The van der Waals surface area contributed by atoms with Crippen LogP contribution >= 0.6 is 7.82 Å². The van der Waals surface area contributed by atoms with Crippen LogP contribution in [0.15, 0.2) is 36.5 Å². The highest BCUT2D eigenvalue weighted by atomic mass is 31.2. The van der Waals surface area contributed by atoms with Crippen LogP contribution in [0.5, 0.6) is 0 Å². The fourth-order valence-corrected chi connectivity index (χ4v) is 6.52. The van der Waals surface area contributed by atoms with E-state index >= 15 is 0 Å². The first kappa shape index (κ1) is 51.7. The van der Waals surface area contributed by atoms with Gasteiger partial charge in [0.15, 0.2) is 0 Å². The molecule has 8 nitrogen and oxygen atoms in total. The van der Waals surface area contributed by atoms with Gasteiger partial charge in [0, 0.05) is 13.0 Å². The Kier molecular flexibility index (Phi) is 36.7. The van der Waals surface area contributed by atoms with Gasteiger partial charge in [-0.15, -0.1) is 0 Å². The Morgan fingerprint density at radius 3 is 1.55 bits per heavy atom. The van der Waals surface area contributed by atoms with Crippen molar-refractivity contribution >= 4 is 13.8 Å². The van der Waals surface area contributed by atoms with Crippen LogP contribution in [0, 0.1) is 0 Å².